The largest absolute Gasteiger partial charge is 0.461 e. The number of carbonyl (C=O) groups excluding carboxylic acids is 1. The van der Waals surface area contributed by atoms with Crippen molar-refractivity contribution in [2.24, 2.45) is 0 Å². The normalized spacial score (nSPS) is 12.2. The Morgan fingerprint density at radius 1 is 1.58 bits per heavy atom. The third-order valence-corrected chi connectivity index (χ3v) is 1.38. The third-order valence-electron chi connectivity index (χ3n) is 1.38. The molecular weight excluding hydrogens is 162 g/mol. The number of hydrogen-bond acceptors (Lipinski definition) is 4. The highest BCUT2D eigenvalue weighted by Gasteiger charge is 2.29. The molecule has 1 atom stereocenters. The molecule has 0 saturated carbocycles. The van der Waals surface area contributed by atoms with Crippen molar-refractivity contribution in [2.45, 2.75) is 32.7 Å². The van der Waals surface area contributed by atoms with E-state index in [0.717, 1.165) is 0 Å². The number of rotatable bonds is 5. The maximum atomic E-state index is 10.9. The molecule has 0 spiro atoms. The molecule has 12 heavy (non-hydrogen) atoms. The maximum Gasteiger partial charge on any atom is 0.381 e. The molecular formula is C7H13NO4. The number of carbonyl (C=O) groups is 1. The molecule has 0 aliphatic heterocycles. The highest BCUT2D eigenvalue weighted by molar-refractivity contribution is 5.74. The lowest BCUT2D eigenvalue weighted by molar-refractivity contribution is -0.511. The van der Waals surface area contributed by atoms with E-state index in [4.69, 9.17) is 0 Å². The van der Waals surface area contributed by atoms with E-state index in [1.807, 2.05) is 0 Å². The highest BCUT2D eigenvalue weighted by atomic mass is 16.6. The minimum atomic E-state index is -1.19. The Labute approximate surface area is 70.9 Å². The first kappa shape index (κ1) is 10.9. The Bertz CT molecular complexity index is 169. The third kappa shape index (κ3) is 3.32. The standard InChI is InChI=1S/C7H13NO4/c1-3-5-6(8(10)11)7(9)12-4-2/h6H,3-5H2,1-2H3/t6-/m0/s1. The van der Waals surface area contributed by atoms with Crippen LogP contribution in [0.25, 0.3) is 0 Å². The summed E-state index contributed by atoms with van der Waals surface area (Å²) in [5.41, 5.74) is 0. The van der Waals surface area contributed by atoms with Crippen LogP contribution in [0.5, 0.6) is 0 Å². The summed E-state index contributed by atoms with van der Waals surface area (Å²) in [6.07, 6.45) is 0.844. The predicted octanol–water partition coefficient (Wildman–Crippen LogP) is 0.995. The van der Waals surface area contributed by atoms with Crippen LogP contribution in [0.4, 0.5) is 0 Å². The summed E-state index contributed by atoms with van der Waals surface area (Å²) in [6.45, 7) is 3.60. The van der Waals surface area contributed by atoms with Crippen LogP contribution < -0.4 is 0 Å². The van der Waals surface area contributed by atoms with Crippen LogP contribution in [0, 0.1) is 10.1 Å². The van der Waals surface area contributed by atoms with E-state index in [-0.39, 0.29) is 13.0 Å². The van der Waals surface area contributed by atoms with Gasteiger partial charge in [0.05, 0.1) is 6.61 Å². The number of ether oxygens (including phenoxy) is 1. The summed E-state index contributed by atoms with van der Waals surface area (Å²) in [5.74, 6) is -0.732. The summed E-state index contributed by atoms with van der Waals surface area (Å²) in [7, 11) is 0. The molecule has 0 aliphatic rings. The van der Waals surface area contributed by atoms with E-state index in [1.165, 1.54) is 0 Å². The lowest BCUT2D eigenvalue weighted by Gasteiger charge is -2.06. The quantitative estimate of drug-likeness (QED) is 0.355. The Morgan fingerprint density at radius 2 is 2.17 bits per heavy atom. The van der Waals surface area contributed by atoms with Crippen LogP contribution >= 0.6 is 0 Å². The second kappa shape index (κ2) is 5.51. The van der Waals surface area contributed by atoms with Gasteiger partial charge < -0.3 is 4.74 Å². The zero-order valence-corrected chi connectivity index (χ0v) is 7.28. The van der Waals surface area contributed by atoms with E-state index in [1.54, 1.807) is 13.8 Å². The fourth-order valence-electron chi connectivity index (χ4n) is 0.821. The minimum absolute atomic E-state index is 0.187. The fourth-order valence-corrected chi connectivity index (χ4v) is 0.821. The monoisotopic (exact) mass is 175 g/mol. The van der Waals surface area contributed by atoms with Gasteiger partial charge in [-0.2, -0.15) is 0 Å². The van der Waals surface area contributed by atoms with Crippen molar-refractivity contribution in [2.75, 3.05) is 6.61 Å². The van der Waals surface area contributed by atoms with Gasteiger partial charge in [0, 0.05) is 11.3 Å². The van der Waals surface area contributed by atoms with Gasteiger partial charge in [-0.3, -0.25) is 10.1 Å². The van der Waals surface area contributed by atoms with Crippen molar-refractivity contribution in [3.05, 3.63) is 10.1 Å². The molecule has 70 valence electrons. The Balaban J connectivity index is 4.09. The average Bonchev–Trinajstić information content (AvgIpc) is 1.99. The number of nitrogens with zero attached hydrogens (tertiary/aromatic N) is 1. The van der Waals surface area contributed by atoms with Gasteiger partial charge in [-0.25, -0.2) is 4.79 Å². The molecule has 0 aromatic heterocycles. The van der Waals surface area contributed by atoms with Crippen molar-refractivity contribution in [1.29, 1.82) is 0 Å². The van der Waals surface area contributed by atoms with Gasteiger partial charge in [0.2, 0.25) is 0 Å². The van der Waals surface area contributed by atoms with Crippen molar-refractivity contribution in [3.8, 4) is 0 Å². The van der Waals surface area contributed by atoms with Gasteiger partial charge >= 0.3 is 12.0 Å². The van der Waals surface area contributed by atoms with Crippen LogP contribution in [-0.2, 0) is 9.53 Å². The Hall–Kier alpha value is -1.13. The molecule has 0 amide bonds. The molecule has 0 aromatic carbocycles. The van der Waals surface area contributed by atoms with Gasteiger partial charge in [-0.15, -0.1) is 0 Å². The van der Waals surface area contributed by atoms with E-state index in [2.05, 4.69) is 4.74 Å². The lowest BCUT2D eigenvalue weighted by Crippen LogP contribution is -2.31. The molecule has 5 nitrogen and oxygen atoms in total. The summed E-state index contributed by atoms with van der Waals surface area (Å²) in [4.78, 5) is 20.6. The Kier molecular flexibility index (Phi) is 4.99. The highest BCUT2D eigenvalue weighted by Crippen LogP contribution is 2.03. The van der Waals surface area contributed by atoms with Crippen molar-refractivity contribution < 1.29 is 14.5 Å². The van der Waals surface area contributed by atoms with Crippen LogP contribution in [0.2, 0.25) is 0 Å². The summed E-state index contributed by atoms with van der Waals surface area (Å²) in [6, 6.07) is -1.19. The molecule has 0 bridgehead atoms. The van der Waals surface area contributed by atoms with Crippen molar-refractivity contribution >= 4 is 5.97 Å². The van der Waals surface area contributed by atoms with Crippen molar-refractivity contribution in [3.63, 3.8) is 0 Å². The lowest BCUT2D eigenvalue weighted by atomic mass is 10.2. The number of nitro groups is 1. The fraction of sp³-hybridized carbons (Fsp3) is 0.857. The summed E-state index contributed by atoms with van der Waals surface area (Å²) in [5, 5.41) is 10.3. The molecule has 0 rings (SSSR count). The molecule has 0 unspecified atom stereocenters. The minimum Gasteiger partial charge on any atom is -0.461 e. The van der Waals surface area contributed by atoms with Gasteiger partial charge in [-0.1, -0.05) is 6.92 Å². The smallest absolute Gasteiger partial charge is 0.381 e. The molecule has 0 N–H and O–H groups in total. The molecule has 0 aliphatic carbocycles. The van der Waals surface area contributed by atoms with Gasteiger partial charge in [0.1, 0.15) is 0 Å². The molecule has 0 fully saturated rings. The van der Waals surface area contributed by atoms with Crippen LogP contribution in [0.15, 0.2) is 0 Å². The molecule has 0 aromatic rings. The first-order valence-corrected chi connectivity index (χ1v) is 3.93. The second-order valence-electron chi connectivity index (χ2n) is 2.34. The van der Waals surface area contributed by atoms with Crippen LogP contribution in [0.3, 0.4) is 0 Å². The zero-order valence-electron chi connectivity index (χ0n) is 7.28. The van der Waals surface area contributed by atoms with E-state index in [0.29, 0.717) is 6.42 Å². The second-order valence-corrected chi connectivity index (χ2v) is 2.34. The molecule has 0 heterocycles. The predicted molar refractivity (Wildman–Crippen MR) is 42.3 cm³/mol. The first-order valence-electron chi connectivity index (χ1n) is 3.93. The van der Waals surface area contributed by atoms with Crippen LogP contribution in [-0.4, -0.2) is 23.5 Å². The Morgan fingerprint density at radius 3 is 2.50 bits per heavy atom. The SMILES string of the molecule is CCC[C@@H](C(=O)OCC)[N+](=O)[O-]. The van der Waals surface area contributed by atoms with Crippen molar-refractivity contribution in [1.82, 2.24) is 0 Å². The molecule has 0 saturated heterocycles. The number of esters is 1. The summed E-state index contributed by atoms with van der Waals surface area (Å²) >= 11 is 0. The zero-order chi connectivity index (χ0) is 9.56. The molecule has 0 radical (unpaired) electrons. The van der Waals surface area contributed by atoms with E-state index in [9.17, 15) is 14.9 Å². The van der Waals surface area contributed by atoms with Gasteiger partial charge in [0.25, 0.3) is 0 Å². The van der Waals surface area contributed by atoms with Crippen LogP contribution in [0.1, 0.15) is 26.7 Å². The van der Waals surface area contributed by atoms with Gasteiger partial charge in [0.15, 0.2) is 0 Å². The van der Waals surface area contributed by atoms with E-state index >= 15 is 0 Å². The summed E-state index contributed by atoms with van der Waals surface area (Å²) < 4.78 is 4.54. The average molecular weight is 175 g/mol. The topological polar surface area (TPSA) is 69.4 Å². The van der Waals surface area contributed by atoms with E-state index < -0.39 is 16.9 Å². The maximum absolute atomic E-state index is 10.9. The van der Waals surface area contributed by atoms with Gasteiger partial charge in [-0.05, 0) is 13.3 Å². The molecule has 5 heteroatoms. The first-order chi connectivity index (χ1) is 5.63. The number of hydrogen-bond donors (Lipinski definition) is 0.